The van der Waals surface area contributed by atoms with Crippen LogP contribution in [0.3, 0.4) is 0 Å². The van der Waals surface area contributed by atoms with Crippen molar-refractivity contribution in [2.45, 2.75) is 19.9 Å². The average molecular weight is 249 g/mol. The largest absolute Gasteiger partial charge is 0.329 e. The second-order valence-electron chi connectivity index (χ2n) is 4.39. The molecule has 0 radical (unpaired) electrons. The molecular weight excluding hydrogens is 229 g/mol. The zero-order valence-corrected chi connectivity index (χ0v) is 10.9. The van der Waals surface area contributed by atoms with E-state index in [0.717, 1.165) is 6.54 Å². The van der Waals surface area contributed by atoms with Crippen LogP contribution < -0.4 is 5.73 Å². The van der Waals surface area contributed by atoms with Crippen molar-refractivity contribution in [3.63, 3.8) is 0 Å². The SMILES string of the molecule is CCN(CC(C)C#N)C(CN)c1ccccc1F. The van der Waals surface area contributed by atoms with Crippen LogP contribution in [0, 0.1) is 23.1 Å². The van der Waals surface area contributed by atoms with Gasteiger partial charge >= 0.3 is 0 Å². The number of hydrogen-bond donors (Lipinski definition) is 1. The fraction of sp³-hybridized carbons (Fsp3) is 0.500. The van der Waals surface area contributed by atoms with Crippen LogP contribution in [0.25, 0.3) is 0 Å². The molecule has 98 valence electrons. The number of nitrogens with two attached hydrogens (primary N) is 1. The lowest BCUT2D eigenvalue weighted by atomic mass is 10.0. The molecule has 0 amide bonds. The van der Waals surface area contributed by atoms with Crippen molar-refractivity contribution >= 4 is 0 Å². The van der Waals surface area contributed by atoms with Crippen LogP contribution in [0.1, 0.15) is 25.5 Å². The Morgan fingerprint density at radius 3 is 2.61 bits per heavy atom. The fourth-order valence-electron chi connectivity index (χ4n) is 2.09. The van der Waals surface area contributed by atoms with E-state index in [-0.39, 0.29) is 17.8 Å². The van der Waals surface area contributed by atoms with E-state index in [9.17, 15) is 4.39 Å². The van der Waals surface area contributed by atoms with E-state index in [1.54, 1.807) is 12.1 Å². The summed E-state index contributed by atoms with van der Waals surface area (Å²) in [6.07, 6.45) is 0. The minimum atomic E-state index is -0.240. The summed E-state index contributed by atoms with van der Waals surface area (Å²) in [6, 6.07) is 8.70. The van der Waals surface area contributed by atoms with Crippen molar-refractivity contribution in [2.24, 2.45) is 11.7 Å². The molecular formula is C14H20FN3. The quantitative estimate of drug-likeness (QED) is 0.841. The monoisotopic (exact) mass is 249 g/mol. The lowest BCUT2D eigenvalue weighted by Gasteiger charge is -2.31. The van der Waals surface area contributed by atoms with Crippen molar-refractivity contribution < 1.29 is 4.39 Å². The van der Waals surface area contributed by atoms with E-state index in [1.165, 1.54) is 6.07 Å². The second kappa shape index (κ2) is 7.10. The van der Waals surface area contributed by atoms with E-state index in [1.807, 2.05) is 24.8 Å². The van der Waals surface area contributed by atoms with Gasteiger partial charge in [-0.15, -0.1) is 0 Å². The van der Waals surface area contributed by atoms with Crippen LogP contribution in [0.2, 0.25) is 0 Å². The minimum Gasteiger partial charge on any atom is -0.329 e. The Balaban J connectivity index is 2.94. The Kier molecular flexibility index (Phi) is 5.76. The number of likely N-dealkylation sites (N-methyl/N-ethyl adjacent to an activating group) is 1. The van der Waals surface area contributed by atoms with Crippen molar-refractivity contribution in [3.05, 3.63) is 35.6 Å². The summed E-state index contributed by atoms with van der Waals surface area (Å²) in [7, 11) is 0. The molecule has 2 atom stereocenters. The first-order chi connectivity index (χ1) is 8.63. The van der Waals surface area contributed by atoms with E-state index >= 15 is 0 Å². The number of halogens is 1. The molecule has 1 rings (SSSR count). The summed E-state index contributed by atoms with van der Waals surface area (Å²) in [5.41, 5.74) is 6.38. The summed E-state index contributed by atoms with van der Waals surface area (Å²) in [4.78, 5) is 2.05. The molecule has 2 unspecified atom stereocenters. The highest BCUT2D eigenvalue weighted by molar-refractivity contribution is 5.21. The summed E-state index contributed by atoms with van der Waals surface area (Å²) in [5.74, 6) is -0.332. The number of nitrogens with zero attached hydrogens (tertiary/aromatic N) is 2. The third kappa shape index (κ3) is 3.52. The number of nitriles is 1. The smallest absolute Gasteiger partial charge is 0.128 e. The Hall–Kier alpha value is -1.44. The lowest BCUT2D eigenvalue weighted by Crippen LogP contribution is -2.36. The maximum Gasteiger partial charge on any atom is 0.128 e. The molecule has 0 aromatic heterocycles. The summed E-state index contributed by atoms with van der Waals surface area (Å²) >= 11 is 0. The van der Waals surface area contributed by atoms with Gasteiger partial charge in [0.1, 0.15) is 5.82 Å². The highest BCUT2D eigenvalue weighted by Crippen LogP contribution is 2.23. The Morgan fingerprint density at radius 1 is 1.44 bits per heavy atom. The molecule has 3 nitrogen and oxygen atoms in total. The number of hydrogen-bond acceptors (Lipinski definition) is 3. The Bertz CT molecular complexity index is 414. The first kappa shape index (κ1) is 14.6. The van der Waals surface area contributed by atoms with E-state index in [4.69, 9.17) is 11.0 Å². The van der Waals surface area contributed by atoms with Crippen molar-refractivity contribution in [1.82, 2.24) is 4.90 Å². The third-order valence-corrected chi connectivity index (χ3v) is 3.06. The zero-order chi connectivity index (χ0) is 13.5. The Morgan fingerprint density at radius 2 is 2.11 bits per heavy atom. The molecule has 18 heavy (non-hydrogen) atoms. The third-order valence-electron chi connectivity index (χ3n) is 3.06. The topological polar surface area (TPSA) is 53.0 Å². The van der Waals surface area contributed by atoms with E-state index < -0.39 is 0 Å². The van der Waals surface area contributed by atoms with Gasteiger partial charge < -0.3 is 5.73 Å². The van der Waals surface area contributed by atoms with Crippen LogP contribution in [0.15, 0.2) is 24.3 Å². The lowest BCUT2D eigenvalue weighted by molar-refractivity contribution is 0.194. The van der Waals surface area contributed by atoms with Crippen LogP contribution in [-0.4, -0.2) is 24.5 Å². The Labute approximate surface area is 108 Å². The highest BCUT2D eigenvalue weighted by Gasteiger charge is 2.21. The first-order valence-corrected chi connectivity index (χ1v) is 6.22. The molecule has 0 bridgehead atoms. The molecule has 0 heterocycles. The molecule has 0 aliphatic heterocycles. The first-order valence-electron chi connectivity index (χ1n) is 6.22. The highest BCUT2D eigenvalue weighted by atomic mass is 19.1. The van der Waals surface area contributed by atoms with Gasteiger partial charge in [-0.25, -0.2) is 4.39 Å². The summed E-state index contributed by atoms with van der Waals surface area (Å²) in [5, 5.41) is 8.88. The van der Waals surface area contributed by atoms with Gasteiger partial charge in [-0.3, -0.25) is 4.90 Å². The van der Waals surface area contributed by atoms with Gasteiger partial charge in [0.15, 0.2) is 0 Å². The predicted molar refractivity (Wildman–Crippen MR) is 70.2 cm³/mol. The molecule has 0 spiro atoms. The molecule has 0 saturated carbocycles. The van der Waals surface area contributed by atoms with Crippen molar-refractivity contribution in [2.75, 3.05) is 19.6 Å². The van der Waals surface area contributed by atoms with Gasteiger partial charge in [-0.1, -0.05) is 25.1 Å². The molecule has 4 heteroatoms. The normalized spacial score (nSPS) is 14.2. The number of rotatable bonds is 6. The van der Waals surface area contributed by atoms with Crippen LogP contribution in [0.5, 0.6) is 0 Å². The summed E-state index contributed by atoms with van der Waals surface area (Å²) in [6.45, 7) is 5.53. The molecule has 1 aromatic carbocycles. The van der Waals surface area contributed by atoms with Gasteiger partial charge in [-0.2, -0.15) is 5.26 Å². The maximum absolute atomic E-state index is 13.8. The molecule has 0 aliphatic rings. The average Bonchev–Trinajstić information content (AvgIpc) is 2.40. The van der Waals surface area contributed by atoms with Crippen LogP contribution in [0.4, 0.5) is 4.39 Å². The van der Waals surface area contributed by atoms with Gasteiger partial charge in [0, 0.05) is 24.7 Å². The van der Waals surface area contributed by atoms with Crippen molar-refractivity contribution in [3.8, 4) is 6.07 Å². The molecule has 1 aromatic rings. The van der Waals surface area contributed by atoms with Gasteiger partial charge in [-0.05, 0) is 19.5 Å². The summed E-state index contributed by atoms with van der Waals surface area (Å²) < 4.78 is 13.8. The predicted octanol–water partition coefficient (Wildman–Crippen LogP) is 2.31. The number of benzene rings is 1. The standard InChI is InChI=1S/C14H20FN3/c1-3-18(10-11(2)8-16)14(9-17)12-6-4-5-7-13(12)15/h4-7,11,14H,3,9-10,17H2,1-2H3. The zero-order valence-electron chi connectivity index (χ0n) is 10.9. The molecule has 0 saturated heterocycles. The van der Waals surface area contributed by atoms with Gasteiger partial charge in [0.05, 0.1) is 12.0 Å². The van der Waals surface area contributed by atoms with Crippen molar-refractivity contribution in [1.29, 1.82) is 5.26 Å². The van der Waals surface area contributed by atoms with Crippen LogP contribution in [-0.2, 0) is 0 Å². The molecule has 0 fully saturated rings. The fourth-order valence-corrected chi connectivity index (χ4v) is 2.09. The minimum absolute atomic E-state index is 0.0919. The van der Waals surface area contributed by atoms with Gasteiger partial charge in [0.2, 0.25) is 0 Å². The maximum atomic E-state index is 13.8. The van der Waals surface area contributed by atoms with E-state index in [2.05, 4.69) is 6.07 Å². The van der Waals surface area contributed by atoms with Gasteiger partial charge in [0.25, 0.3) is 0 Å². The van der Waals surface area contributed by atoms with E-state index in [0.29, 0.717) is 18.7 Å². The molecule has 2 N–H and O–H groups in total. The molecule has 0 aliphatic carbocycles. The second-order valence-corrected chi connectivity index (χ2v) is 4.39. The van der Waals surface area contributed by atoms with Crippen LogP contribution >= 0.6 is 0 Å².